The Hall–Kier alpha value is -1.50. The van der Waals surface area contributed by atoms with Gasteiger partial charge in [0.1, 0.15) is 6.67 Å². The summed E-state index contributed by atoms with van der Waals surface area (Å²) in [5.41, 5.74) is -0.0485. The second-order valence-corrected chi connectivity index (χ2v) is 4.17. The topological polar surface area (TPSA) is 71.2 Å². The summed E-state index contributed by atoms with van der Waals surface area (Å²) in [5, 5.41) is 16.2. The zero-order chi connectivity index (χ0) is 12.3. The van der Waals surface area contributed by atoms with Crippen molar-refractivity contribution in [1.82, 2.24) is 19.9 Å². The van der Waals surface area contributed by atoms with Crippen LogP contribution < -0.4 is 0 Å². The molecule has 1 atom stereocenters. The van der Waals surface area contributed by atoms with Gasteiger partial charge in [0.25, 0.3) is 0 Å². The van der Waals surface area contributed by atoms with E-state index in [1.807, 2.05) is 4.90 Å². The van der Waals surface area contributed by atoms with Gasteiger partial charge in [-0.05, 0) is 19.4 Å². The quantitative estimate of drug-likeness (QED) is 0.836. The molecule has 0 unspecified atom stereocenters. The third-order valence-electron chi connectivity index (χ3n) is 2.98. The zero-order valence-electron chi connectivity index (χ0n) is 9.42. The van der Waals surface area contributed by atoms with Crippen LogP contribution in [0.1, 0.15) is 29.4 Å². The first kappa shape index (κ1) is 12.0. The van der Waals surface area contributed by atoms with E-state index in [0.717, 1.165) is 19.4 Å². The van der Waals surface area contributed by atoms with Crippen molar-refractivity contribution < 1.29 is 14.3 Å². The van der Waals surface area contributed by atoms with Crippen LogP contribution in [0.2, 0.25) is 0 Å². The minimum Gasteiger partial charge on any atom is -0.476 e. The van der Waals surface area contributed by atoms with Crippen LogP contribution in [-0.4, -0.2) is 57.3 Å². The molecule has 1 N–H and O–H groups in total. The van der Waals surface area contributed by atoms with Crippen molar-refractivity contribution in [1.29, 1.82) is 0 Å². The largest absolute Gasteiger partial charge is 0.476 e. The Kier molecular flexibility index (Phi) is 3.68. The highest BCUT2D eigenvalue weighted by molar-refractivity contribution is 5.84. The van der Waals surface area contributed by atoms with Gasteiger partial charge in [0, 0.05) is 13.1 Å². The molecule has 94 valence electrons. The maximum Gasteiger partial charge on any atom is 0.358 e. The maximum absolute atomic E-state index is 12.3. The minimum atomic E-state index is -1.08. The van der Waals surface area contributed by atoms with Gasteiger partial charge in [-0.3, -0.25) is 4.90 Å². The molecule has 1 aromatic rings. The number of hydrogen-bond acceptors (Lipinski definition) is 4. The van der Waals surface area contributed by atoms with Crippen LogP contribution in [0, 0.1) is 0 Å². The summed E-state index contributed by atoms with van der Waals surface area (Å²) in [7, 11) is 0. The molecule has 1 aliphatic rings. The number of carboxylic acids is 1. The van der Waals surface area contributed by atoms with E-state index in [9.17, 15) is 9.18 Å². The van der Waals surface area contributed by atoms with E-state index in [-0.39, 0.29) is 18.4 Å². The van der Waals surface area contributed by atoms with E-state index >= 15 is 0 Å². The Morgan fingerprint density at radius 3 is 3.12 bits per heavy atom. The van der Waals surface area contributed by atoms with E-state index < -0.39 is 5.97 Å². The fraction of sp³-hybridized carbons (Fsp3) is 0.700. The Balaban J connectivity index is 2.02. The van der Waals surface area contributed by atoms with E-state index in [1.54, 1.807) is 4.68 Å². The van der Waals surface area contributed by atoms with Crippen molar-refractivity contribution >= 4 is 5.97 Å². The highest BCUT2D eigenvalue weighted by Crippen LogP contribution is 2.20. The Morgan fingerprint density at radius 1 is 1.65 bits per heavy atom. The summed E-state index contributed by atoms with van der Waals surface area (Å²) < 4.78 is 13.8. The second kappa shape index (κ2) is 5.22. The summed E-state index contributed by atoms with van der Waals surface area (Å²) in [5.74, 6) is -1.08. The molecule has 1 aliphatic heterocycles. The van der Waals surface area contributed by atoms with Crippen LogP contribution in [-0.2, 0) is 0 Å². The van der Waals surface area contributed by atoms with Gasteiger partial charge in [-0.1, -0.05) is 5.21 Å². The molecule has 17 heavy (non-hydrogen) atoms. The van der Waals surface area contributed by atoms with Gasteiger partial charge in [-0.25, -0.2) is 13.9 Å². The summed E-state index contributed by atoms with van der Waals surface area (Å²) in [6.07, 6.45) is 3.32. The fourth-order valence-corrected chi connectivity index (χ4v) is 2.12. The lowest BCUT2D eigenvalue weighted by molar-refractivity contribution is 0.0690. The SMILES string of the molecule is O=C(O)c1cn([C@H]2CCCN(CCF)C2)nn1. The van der Waals surface area contributed by atoms with E-state index in [0.29, 0.717) is 13.1 Å². The highest BCUT2D eigenvalue weighted by atomic mass is 19.1. The number of aromatic carboxylic acids is 1. The van der Waals surface area contributed by atoms with Crippen LogP contribution in [0.5, 0.6) is 0 Å². The van der Waals surface area contributed by atoms with E-state index in [4.69, 9.17) is 5.11 Å². The lowest BCUT2D eigenvalue weighted by Crippen LogP contribution is -2.38. The number of nitrogens with zero attached hydrogens (tertiary/aromatic N) is 4. The Bertz CT molecular complexity index is 393. The summed E-state index contributed by atoms with van der Waals surface area (Å²) in [6, 6.07) is 0.0934. The Morgan fingerprint density at radius 2 is 2.47 bits per heavy atom. The summed E-state index contributed by atoms with van der Waals surface area (Å²) in [6.45, 7) is 1.66. The first-order chi connectivity index (χ1) is 8.20. The van der Waals surface area contributed by atoms with Crippen LogP contribution in [0.4, 0.5) is 4.39 Å². The minimum absolute atomic E-state index is 0.0485. The van der Waals surface area contributed by atoms with Crippen molar-refractivity contribution in [2.45, 2.75) is 18.9 Å². The fourth-order valence-electron chi connectivity index (χ4n) is 2.12. The molecule has 6 nitrogen and oxygen atoms in total. The van der Waals surface area contributed by atoms with Crippen molar-refractivity contribution in [3.05, 3.63) is 11.9 Å². The van der Waals surface area contributed by atoms with Crippen molar-refractivity contribution in [2.24, 2.45) is 0 Å². The van der Waals surface area contributed by atoms with Gasteiger partial charge in [0.15, 0.2) is 5.69 Å². The predicted molar refractivity (Wildman–Crippen MR) is 57.7 cm³/mol. The van der Waals surface area contributed by atoms with Crippen LogP contribution >= 0.6 is 0 Å². The van der Waals surface area contributed by atoms with E-state index in [1.165, 1.54) is 6.20 Å². The molecule has 0 aromatic carbocycles. The standard InChI is InChI=1S/C10H15FN4O2/c11-3-5-14-4-1-2-8(6-14)15-7-9(10(16)17)12-13-15/h7-8H,1-6H2,(H,16,17)/t8-/m0/s1. The molecule has 1 saturated heterocycles. The number of carbonyl (C=O) groups is 1. The third-order valence-corrected chi connectivity index (χ3v) is 2.98. The molecule has 1 aromatic heterocycles. The van der Waals surface area contributed by atoms with Crippen molar-refractivity contribution in [3.63, 3.8) is 0 Å². The van der Waals surface area contributed by atoms with Gasteiger partial charge in [-0.15, -0.1) is 5.10 Å². The first-order valence-corrected chi connectivity index (χ1v) is 5.64. The maximum atomic E-state index is 12.3. The monoisotopic (exact) mass is 242 g/mol. The molecule has 0 bridgehead atoms. The average Bonchev–Trinajstić information content (AvgIpc) is 2.79. The molecular weight excluding hydrogens is 227 g/mol. The molecule has 0 saturated carbocycles. The smallest absolute Gasteiger partial charge is 0.358 e. The molecule has 2 rings (SSSR count). The Labute approximate surface area is 98.0 Å². The number of hydrogen-bond donors (Lipinski definition) is 1. The number of aromatic nitrogens is 3. The van der Waals surface area contributed by atoms with E-state index in [2.05, 4.69) is 10.3 Å². The number of rotatable bonds is 4. The number of carboxylic acid groups (broad SMARTS) is 1. The summed E-state index contributed by atoms with van der Waals surface area (Å²) in [4.78, 5) is 12.7. The molecular formula is C10H15FN4O2. The predicted octanol–water partition coefficient (Wildman–Crippen LogP) is 0.583. The molecule has 0 amide bonds. The molecule has 7 heteroatoms. The van der Waals surface area contributed by atoms with Gasteiger partial charge < -0.3 is 5.11 Å². The van der Waals surface area contributed by atoms with Crippen molar-refractivity contribution in [2.75, 3.05) is 26.3 Å². The number of likely N-dealkylation sites (tertiary alicyclic amines) is 1. The zero-order valence-corrected chi connectivity index (χ0v) is 9.42. The van der Waals surface area contributed by atoms with Gasteiger partial charge in [0.05, 0.1) is 12.2 Å². The van der Waals surface area contributed by atoms with Crippen LogP contribution in [0.15, 0.2) is 6.20 Å². The molecule has 2 heterocycles. The molecule has 0 radical (unpaired) electrons. The van der Waals surface area contributed by atoms with Gasteiger partial charge >= 0.3 is 5.97 Å². The normalized spacial score (nSPS) is 21.6. The van der Waals surface area contributed by atoms with Crippen LogP contribution in [0.25, 0.3) is 0 Å². The number of piperidine rings is 1. The first-order valence-electron chi connectivity index (χ1n) is 5.64. The highest BCUT2D eigenvalue weighted by Gasteiger charge is 2.22. The molecule has 0 spiro atoms. The summed E-state index contributed by atoms with van der Waals surface area (Å²) >= 11 is 0. The molecule has 1 fully saturated rings. The third kappa shape index (κ3) is 2.79. The second-order valence-electron chi connectivity index (χ2n) is 4.17. The number of halogens is 1. The number of alkyl halides is 1. The van der Waals surface area contributed by atoms with Gasteiger partial charge in [-0.2, -0.15) is 0 Å². The van der Waals surface area contributed by atoms with Crippen molar-refractivity contribution in [3.8, 4) is 0 Å². The lowest BCUT2D eigenvalue weighted by Gasteiger charge is -2.31. The average molecular weight is 242 g/mol. The van der Waals surface area contributed by atoms with Crippen LogP contribution in [0.3, 0.4) is 0 Å². The molecule has 0 aliphatic carbocycles. The lowest BCUT2D eigenvalue weighted by atomic mass is 10.1. The van der Waals surface area contributed by atoms with Gasteiger partial charge in [0.2, 0.25) is 0 Å².